The zero-order valence-electron chi connectivity index (χ0n) is 15.2. The van der Waals surface area contributed by atoms with Crippen LogP contribution in [-0.4, -0.2) is 7.11 Å². The van der Waals surface area contributed by atoms with Crippen LogP contribution in [0.15, 0.2) is 71.2 Å². The number of benzene rings is 3. The highest BCUT2D eigenvalue weighted by Gasteiger charge is 2.07. The minimum absolute atomic E-state index is 0.449. The summed E-state index contributed by atoms with van der Waals surface area (Å²) in [5.74, 6) is 1.29. The van der Waals surface area contributed by atoms with Gasteiger partial charge >= 0.3 is 0 Å². The Morgan fingerprint density at radius 3 is 2.39 bits per heavy atom. The van der Waals surface area contributed by atoms with E-state index in [1.807, 2.05) is 72.8 Å². The lowest BCUT2D eigenvalue weighted by Gasteiger charge is -2.12. The van der Waals surface area contributed by atoms with Gasteiger partial charge in [-0.25, -0.2) is 0 Å². The molecule has 0 saturated carbocycles. The molecule has 0 aromatic heterocycles. The van der Waals surface area contributed by atoms with E-state index in [1.165, 1.54) is 0 Å². The predicted molar refractivity (Wildman–Crippen MR) is 124 cm³/mol. The van der Waals surface area contributed by atoms with Gasteiger partial charge in [0.25, 0.3) is 0 Å². The molecular weight excluding hydrogens is 529 g/mol. The first-order valence-corrected chi connectivity index (χ1v) is 10.4. The number of rotatable bonds is 6. The largest absolute Gasteiger partial charge is 0.493 e. The Morgan fingerprint density at radius 2 is 1.75 bits per heavy atom. The minimum Gasteiger partial charge on any atom is -0.493 e. The van der Waals surface area contributed by atoms with Gasteiger partial charge in [-0.3, -0.25) is 0 Å². The highest BCUT2D eigenvalue weighted by atomic mass is 127. The molecule has 0 spiro atoms. The summed E-state index contributed by atoms with van der Waals surface area (Å²) in [5.41, 5.74) is 3.43. The summed E-state index contributed by atoms with van der Waals surface area (Å²) in [4.78, 5) is 0. The Labute approximate surface area is 186 Å². The van der Waals surface area contributed by atoms with E-state index in [1.54, 1.807) is 7.11 Å². The summed E-state index contributed by atoms with van der Waals surface area (Å²) in [7, 11) is 1.61. The smallest absolute Gasteiger partial charge is 0.161 e. The maximum Gasteiger partial charge on any atom is 0.161 e. The third-order valence-electron chi connectivity index (χ3n) is 4.08. The molecule has 0 heterocycles. The van der Waals surface area contributed by atoms with Crippen LogP contribution >= 0.6 is 38.5 Å². The highest BCUT2D eigenvalue weighted by Crippen LogP contribution is 2.30. The second-order valence-corrected chi connectivity index (χ2v) is 8.16. The number of hydrogen-bond acceptors (Lipinski definition) is 3. The van der Waals surface area contributed by atoms with Gasteiger partial charge in [0.15, 0.2) is 11.5 Å². The molecule has 3 nitrogen and oxygen atoms in total. The van der Waals surface area contributed by atoms with E-state index in [9.17, 15) is 5.26 Å². The van der Waals surface area contributed by atoms with Crippen molar-refractivity contribution in [3.63, 3.8) is 0 Å². The zero-order valence-corrected chi connectivity index (χ0v) is 18.9. The van der Waals surface area contributed by atoms with Crippen LogP contribution in [0.4, 0.5) is 0 Å². The SMILES string of the molecule is COc1cc(/C=C(/C#N)c2ccc(I)cc2)ccc1OCc1ccc(Br)cc1. The third-order valence-corrected chi connectivity index (χ3v) is 5.33. The maximum atomic E-state index is 9.54. The lowest BCUT2D eigenvalue weighted by molar-refractivity contribution is 0.284. The minimum atomic E-state index is 0.449. The van der Waals surface area contributed by atoms with Crippen molar-refractivity contribution in [2.45, 2.75) is 6.61 Å². The third kappa shape index (κ3) is 5.37. The highest BCUT2D eigenvalue weighted by molar-refractivity contribution is 14.1. The normalized spacial score (nSPS) is 11.0. The molecule has 3 aromatic rings. The van der Waals surface area contributed by atoms with Crippen molar-refractivity contribution in [2.75, 3.05) is 7.11 Å². The molecule has 0 radical (unpaired) electrons. The van der Waals surface area contributed by atoms with E-state index in [4.69, 9.17) is 9.47 Å². The van der Waals surface area contributed by atoms with Crippen molar-refractivity contribution in [1.29, 1.82) is 5.26 Å². The number of methoxy groups -OCH3 is 1. The first-order chi connectivity index (χ1) is 13.6. The molecule has 0 aliphatic carbocycles. The maximum absolute atomic E-state index is 9.54. The van der Waals surface area contributed by atoms with Gasteiger partial charge in [0, 0.05) is 8.04 Å². The average molecular weight is 546 g/mol. The fourth-order valence-electron chi connectivity index (χ4n) is 2.61. The van der Waals surface area contributed by atoms with Gasteiger partial charge in [-0.1, -0.05) is 46.3 Å². The van der Waals surface area contributed by atoms with Crippen LogP contribution in [-0.2, 0) is 6.61 Å². The van der Waals surface area contributed by atoms with E-state index in [-0.39, 0.29) is 0 Å². The van der Waals surface area contributed by atoms with Crippen molar-refractivity contribution >= 4 is 50.2 Å². The summed E-state index contributed by atoms with van der Waals surface area (Å²) < 4.78 is 13.6. The Morgan fingerprint density at radius 1 is 1.04 bits per heavy atom. The molecule has 0 aliphatic rings. The zero-order chi connectivity index (χ0) is 19.9. The summed E-state index contributed by atoms with van der Waals surface area (Å²) in [6, 6.07) is 23.8. The van der Waals surface area contributed by atoms with E-state index in [0.717, 1.165) is 24.7 Å². The molecule has 0 bridgehead atoms. The Hall–Kier alpha value is -2.30. The van der Waals surface area contributed by atoms with Gasteiger partial charge in [0.05, 0.1) is 18.8 Å². The van der Waals surface area contributed by atoms with Crippen molar-refractivity contribution in [3.8, 4) is 17.6 Å². The molecule has 0 N–H and O–H groups in total. The summed E-state index contributed by atoms with van der Waals surface area (Å²) in [5, 5.41) is 9.54. The fraction of sp³-hybridized carbons (Fsp3) is 0.0870. The Bertz CT molecular complexity index is 1020. The summed E-state index contributed by atoms with van der Waals surface area (Å²) in [6.45, 7) is 0.449. The van der Waals surface area contributed by atoms with E-state index >= 15 is 0 Å². The lowest BCUT2D eigenvalue weighted by atomic mass is 10.0. The second-order valence-electron chi connectivity index (χ2n) is 6.00. The number of halogens is 2. The predicted octanol–water partition coefficient (Wildman–Crippen LogP) is 6.71. The molecule has 0 fully saturated rings. The number of allylic oxidation sites excluding steroid dienone is 1. The molecule has 0 amide bonds. The van der Waals surface area contributed by atoms with E-state index in [0.29, 0.717) is 23.7 Å². The second kappa shape index (κ2) is 9.76. The number of nitriles is 1. The quantitative estimate of drug-likeness (QED) is 0.196. The number of hydrogen-bond donors (Lipinski definition) is 0. The van der Waals surface area contributed by atoms with E-state index < -0.39 is 0 Å². The first-order valence-electron chi connectivity index (χ1n) is 8.52. The summed E-state index contributed by atoms with van der Waals surface area (Å²) in [6.07, 6.45) is 1.85. The van der Waals surface area contributed by atoms with Crippen LogP contribution in [0.1, 0.15) is 16.7 Å². The first kappa shape index (κ1) is 20.4. The van der Waals surface area contributed by atoms with Crippen molar-refractivity contribution in [1.82, 2.24) is 0 Å². The van der Waals surface area contributed by atoms with Crippen LogP contribution in [0, 0.1) is 14.9 Å². The Balaban J connectivity index is 1.80. The standard InChI is InChI=1S/C23H17BrINO2/c1-27-23-13-17(12-19(14-26)18-5-9-21(25)10-6-18)4-11-22(23)28-15-16-2-7-20(24)8-3-16/h2-13H,15H2,1H3/b19-12-. The number of ether oxygens (including phenoxy) is 2. The molecule has 0 aliphatic heterocycles. The number of nitrogens with zero attached hydrogens (tertiary/aromatic N) is 1. The van der Waals surface area contributed by atoms with Gasteiger partial charge in [-0.05, 0) is 81.8 Å². The molecule has 28 heavy (non-hydrogen) atoms. The molecule has 0 saturated heterocycles. The molecular formula is C23H17BrINO2. The average Bonchev–Trinajstić information content (AvgIpc) is 2.72. The molecule has 3 aromatic carbocycles. The van der Waals surface area contributed by atoms with Crippen molar-refractivity contribution < 1.29 is 9.47 Å². The monoisotopic (exact) mass is 545 g/mol. The Kier molecular flexibility index (Phi) is 7.12. The van der Waals surface area contributed by atoms with Crippen LogP contribution < -0.4 is 9.47 Å². The van der Waals surface area contributed by atoms with Crippen molar-refractivity contribution in [2.24, 2.45) is 0 Å². The molecule has 0 atom stereocenters. The van der Waals surface area contributed by atoms with Crippen LogP contribution in [0.5, 0.6) is 11.5 Å². The lowest BCUT2D eigenvalue weighted by Crippen LogP contribution is -1.98. The molecule has 5 heteroatoms. The van der Waals surface area contributed by atoms with Gasteiger partial charge in [0.2, 0.25) is 0 Å². The van der Waals surface area contributed by atoms with Gasteiger partial charge < -0.3 is 9.47 Å². The van der Waals surface area contributed by atoms with E-state index in [2.05, 4.69) is 44.6 Å². The van der Waals surface area contributed by atoms with Crippen molar-refractivity contribution in [3.05, 3.63) is 91.5 Å². The molecule has 140 valence electrons. The van der Waals surface area contributed by atoms with Crippen LogP contribution in [0.25, 0.3) is 11.6 Å². The van der Waals surface area contributed by atoms with Crippen LogP contribution in [0.2, 0.25) is 0 Å². The van der Waals surface area contributed by atoms with Gasteiger partial charge in [0.1, 0.15) is 6.61 Å². The molecule has 0 unspecified atom stereocenters. The van der Waals surface area contributed by atoms with Crippen LogP contribution in [0.3, 0.4) is 0 Å². The van der Waals surface area contributed by atoms with Gasteiger partial charge in [-0.15, -0.1) is 0 Å². The fourth-order valence-corrected chi connectivity index (χ4v) is 3.24. The molecule has 3 rings (SSSR count). The van der Waals surface area contributed by atoms with Gasteiger partial charge in [-0.2, -0.15) is 5.26 Å². The summed E-state index contributed by atoms with van der Waals surface area (Å²) >= 11 is 5.68. The topological polar surface area (TPSA) is 42.2 Å².